The summed E-state index contributed by atoms with van der Waals surface area (Å²) in [4.78, 5) is 2.32. The van der Waals surface area contributed by atoms with Crippen molar-refractivity contribution in [2.24, 2.45) is 13.0 Å². The molecule has 0 atom stereocenters. The first-order valence-corrected chi connectivity index (χ1v) is 5.92. The highest BCUT2D eigenvalue weighted by atomic mass is 79.9. The van der Waals surface area contributed by atoms with E-state index in [1.165, 1.54) is 5.69 Å². The maximum Gasteiger partial charge on any atom is 0.0739 e. The summed E-state index contributed by atoms with van der Waals surface area (Å²) < 4.78 is 3.03. The standard InChI is InChI=1S/C10H16BrN3O/c1-7-10(11)9(13(2)12-7)5-14-3-8(4-14)6-15/h8,15H,3-6H2,1-2H3. The molecule has 0 unspecified atom stereocenters. The molecule has 4 nitrogen and oxygen atoms in total. The van der Waals surface area contributed by atoms with Gasteiger partial charge < -0.3 is 5.11 Å². The van der Waals surface area contributed by atoms with Crippen molar-refractivity contribution in [1.29, 1.82) is 0 Å². The van der Waals surface area contributed by atoms with E-state index in [0.717, 1.165) is 29.8 Å². The minimum Gasteiger partial charge on any atom is -0.396 e. The summed E-state index contributed by atoms with van der Waals surface area (Å²) in [6, 6.07) is 0. The molecule has 1 aliphatic heterocycles. The lowest BCUT2D eigenvalue weighted by Gasteiger charge is -2.38. The van der Waals surface area contributed by atoms with E-state index in [-0.39, 0.29) is 0 Å². The number of halogens is 1. The van der Waals surface area contributed by atoms with E-state index in [2.05, 4.69) is 25.9 Å². The average Bonchev–Trinajstić information content (AvgIpc) is 2.36. The van der Waals surface area contributed by atoms with Crippen molar-refractivity contribution in [2.75, 3.05) is 19.7 Å². The number of aliphatic hydroxyl groups is 1. The molecular weight excluding hydrogens is 258 g/mol. The number of hydrogen-bond donors (Lipinski definition) is 1. The van der Waals surface area contributed by atoms with Crippen LogP contribution in [0.15, 0.2) is 4.47 Å². The van der Waals surface area contributed by atoms with E-state index >= 15 is 0 Å². The third-order valence-electron chi connectivity index (χ3n) is 2.93. The van der Waals surface area contributed by atoms with Crippen LogP contribution in [-0.2, 0) is 13.6 Å². The molecule has 1 fully saturated rings. The Kier molecular flexibility index (Phi) is 3.13. The van der Waals surface area contributed by atoms with Gasteiger partial charge in [-0.15, -0.1) is 0 Å². The van der Waals surface area contributed by atoms with Gasteiger partial charge in [-0.2, -0.15) is 5.10 Å². The molecule has 5 heteroatoms. The average molecular weight is 274 g/mol. The van der Waals surface area contributed by atoms with Crippen molar-refractivity contribution in [3.05, 3.63) is 15.9 Å². The molecule has 1 aromatic heterocycles. The molecule has 0 spiro atoms. The van der Waals surface area contributed by atoms with Crippen molar-refractivity contribution in [3.8, 4) is 0 Å². The van der Waals surface area contributed by atoms with Gasteiger partial charge in [0.05, 0.1) is 15.9 Å². The van der Waals surface area contributed by atoms with Crippen LogP contribution >= 0.6 is 15.9 Å². The third-order valence-corrected chi connectivity index (χ3v) is 3.96. The Labute approximate surface area is 98.0 Å². The van der Waals surface area contributed by atoms with Gasteiger partial charge in [-0.1, -0.05) is 0 Å². The Morgan fingerprint density at radius 1 is 1.53 bits per heavy atom. The number of aliphatic hydroxyl groups excluding tert-OH is 1. The molecule has 15 heavy (non-hydrogen) atoms. The normalized spacial score (nSPS) is 18.1. The largest absolute Gasteiger partial charge is 0.396 e. The molecule has 1 N–H and O–H groups in total. The third kappa shape index (κ3) is 2.09. The number of nitrogens with zero attached hydrogens (tertiary/aromatic N) is 3. The van der Waals surface area contributed by atoms with Crippen LogP contribution in [0.4, 0.5) is 0 Å². The Morgan fingerprint density at radius 3 is 2.67 bits per heavy atom. The summed E-state index contributed by atoms with van der Waals surface area (Å²) >= 11 is 3.56. The smallest absolute Gasteiger partial charge is 0.0739 e. The van der Waals surface area contributed by atoms with Crippen LogP contribution in [0.25, 0.3) is 0 Å². The summed E-state index contributed by atoms with van der Waals surface area (Å²) in [6.07, 6.45) is 0. The zero-order chi connectivity index (χ0) is 11.0. The molecule has 1 aromatic rings. The Hall–Kier alpha value is -0.390. The summed E-state index contributed by atoms with van der Waals surface area (Å²) in [7, 11) is 1.97. The second kappa shape index (κ2) is 4.23. The Bertz CT molecular complexity index is 358. The van der Waals surface area contributed by atoms with Crippen LogP contribution in [0, 0.1) is 12.8 Å². The van der Waals surface area contributed by atoms with E-state index in [1.54, 1.807) is 0 Å². The Balaban J connectivity index is 2.00. The fourth-order valence-corrected chi connectivity index (χ4v) is 2.45. The van der Waals surface area contributed by atoms with Gasteiger partial charge in [-0.05, 0) is 22.9 Å². The van der Waals surface area contributed by atoms with E-state index in [9.17, 15) is 0 Å². The molecule has 2 rings (SSSR count). The number of aromatic nitrogens is 2. The lowest BCUT2D eigenvalue weighted by atomic mass is 10.0. The van der Waals surface area contributed by atoms with Crippen molar-refractivity contribution >= 4 is 15.9 Å². The van der Waals surface area contributed by atoms with Gasteiger partial charge in [0.15, 0.2) is 0 Å². The van der Waals surface area contributed by atoms with Crippen LogP contribution < -0.4 is 0 Å². The number of rotatable bonds is 3. The quantitative estimate of drug-likeness (QED) is 0.891. The molecule has 0 aromatic carbocycles. The second-order valence-electron chi connectivity index (χ2n) is 4.21. The summed E-state index contributed by atoms with van der Waals surface area (Å²) in [5, 5.41) is 13.3. The van der Waals surface area contributed by atoms with Gasteiger partial charge >= 0.3 is 0 Å². The topological polar surface area (TPSA) is 41.3 Å². The zero-order valence-electron chi connectivity index (χ0n) is 9.07. The van der Waals surface area contributed by atoms with Crippen LogP contribution in [0.3, 0.4) is 0 Å². The lowest BCUT2D eigenvalue weighted by Crippen LogP contribution is -2.47. The molecule has 0 bridgehead atoms. The van der Waals surface area contributed by atoms with Gasteiger partial charge in [0.25, 0.3) is 0 Å². The van der Waals surface area contributed by atoms with Crippen molar-refractivity contribution < 1.29 is 5.11 Å². The number of aryl methyl sites for hydroxylation is 2. The van der Waals surface area contributed by atoms with Crippen molar-refractivity contribution in [1.82, 2.24) is 14.7 Å². The zero-order valence-corrected chi connectivity index (χ0v) is 10.7. The molecular formula is C10H16BrN3O. The summed E-state index contributed by atoms with van der Waals surface area (Å²) in [5.41, 5.74) is 2.25. The van der Waals surface area contributed by atoms with E-state index < -0.39 is 0 Å². The predicted octanol–water partition coefficient (Wildman–Crippen LogP) is 0.915. The van der Waals surface area contributed by atoms with Crippen LogP contribution in [-0.4, -0.2) is 39.5 Å². The Morgan fingerprint density at radius 2 is 2.20 bits per heavy atom. The highest BCUT2D eigenvalue weighted by Crippen LogP contribution is 2.24. The molecule has 0 aliphatic carbocycles. The number of hydrogen-bond acceptors (Lipinski definition) is 3. The van der Waals surface area contributed by atoms with Crippen LogP contribution in [0.1, 0.15) is 11.4 Å². The minimum absolute atomic E-state index is 0.308. The molecule has 84 valence electrons. The summed E-state index contributed by atoms with van der Waals surface area (Å²) in [6.45, 7) is 5.21. The lowest BCUT2D eigenvalue weighted by molar-refractivity contribution is 0.0460. The molecule has 1 saturated heterocycles. The van der Waals surface area contributed by atoms with Crippen molar-refractivity contribution in [3.63, 3.8) is 0 Å². The summed E-state index contributed by atoms with van der Waals surface area (Å²) in [5.74, 6) is 0.470. The highest BCUT2D eigenvalue weighted by Gasteiger charge is 2.27. The molecule has 0 amide bonds. The molecule has 2 heterocycles. The van der Waals surface area contributed by atoms with Gasteiger partial charge in [-0.3, -0.25) is 9.58 Å². The van der Waals surface area contributed by atoms with Gasteiger partial charge in [0, 0.05) is 39.2 Å². The highest BCUT2D eigenvalue weighted by molar-refractivity contribution is 9.10. The first-order valence-electron chi connectivity index (χ1n) is 5.13. The fourth-order valence-electron chi connectivity index (χ4n) is 1.99. The van der Waals surface area contributed by atoms with E-state index in [0.29, 0.717) is 12.5 Å². The van der Waals surface area contributed by atoms with E-state index in [4.69, 9.17) is 5.11 Å². The molecule has 1 aliphatic rings. The first-order chi connectivity index (χ1) is 7.11. The van der Waals surface area contributed by atoms with Gasteiger partial charge in [0.1, 0.15) is 0 Å². The van der Waals surface area contributed by atoms with Gasteiger partial charge in [0.2, 0.25) is 0 Å². The van der Waals surface area contributed by atoms with Crippen molar-refractivity contribution in [2.45, 2.75) is 13.5 Å². The number of likely N-dealkylation sites (tertiary alicyclic amines) is 1. The maximum absolute atomic E-state index is 8.93. The van der Waals surface area contributed by atoms with Gasteiger partial charge in [-0.25, -0.2) is 0 Å². The predicted molar refractivity (Wildman–Crippen MR) is 61.5 cm³/mol. The van der Waals surface area contributed by atoms with Crippen LogP contribution in [0.2, 0.25) is 0 Å². The fraction of sp³-hybridized carbons (Fsp3) is 0.700. The monoisotopic (exact) mass is 273 g/mol. The molecule has 0 saturated carbocycles. The SMILES string of the molecule is Cc1nn(C)c(CN2CC(CO)C2)c1Br. The minimum atomic E-state index is 0.308. The van der Waals surface area contributed by atoms with Crippen LogP contribution in [0.5, 0.6) is 0 Å². The molecule has 0 radical (unpaired) electrons. The first kappa shape index (κ1) is 11.1. The van der Waals surface area contributed by atoms with E-state index in [1.807, 2.05) is 18.7 Å². The maximum atomic E-state index is 8.93. The second-order valence-corrected chi connectivity index (χ2v) is 5.01.